The number of likely N-dealkylation sites (tertiary alicyclic amines) is 1. The lowest BCUT2D eigenvalue weighted by atomic mass is 9.98. The molecule has 114 valence electrons. The lowest BCUT2D eigenvalue weighted by molar-refractivity contribution is -0.135. The van der Waals surface area contributed by atoms with E-state index in [0.29, 0.717) is 24.3 Å². The van der Waals surface area contributed by atoms with Crippen molar-refractivity contribution in [3.63, 3.8) is 0 Å². The van der Waals surface area contributed by atoms with Crippen LogP contribution in [0.25, 0.3) is 0 Å². The minimum Gasteiger partial charge on any atom is -0.378 e. The van der Waals surface area contributed by atoms with Crippen LogP contribution in [-0.2, 0) is 9.53 Å². The molecule has 1 amide bonds. The van der Waals surface area contributed by atoms with Gasteiger partial charge in [0.05, 0.1) is 6.10 Å². The van der Waals surface area contributed by atoms with Crippen LogP contribution >= 0.6 is 0 Å². The van der Waals surface area contributed by atoms with Gasteiger partial charge in [0, 0.05) is 32.2 Å². The molecule has 3 fully saturated rings. The zero-order valence-corrected chi connectivity index (χ0v) is 12.4. The second-order valence-corrected chi connectivity index (χ2v) is 6.92. The van der Waals surface area contributed by atoms with Crippen molar-refractivity contribution in [2.75, 3.05) is 19.7 Å². The normalized spacial score (nSPS) is 31.8. The van der Waals surface area contributed by atoms with Gasteiger partial charge >= 0.3 is 0 Å². The number of hydrogen-bond donors (Lipinski definition) is 1. The number of carbonyl (C=O) groups excluding carboxylic acids is 1. The van der Waals surface area contributed by atoms with Crippen molar-refractivity contribution < 1.29 is 9.53 Å². The minimum absolute atomic E-state index is 0.248. The Morgan fingerprint density at radius 3 is 2.45 bits per heavy atom. The molecular weight excluding hydrogens is 252 g/mol. The molecule has 0 spiro atoms. The molecule has 2 atom stereocenters. The summed E-state index contributed by atoms with van der Waals surface area (Å²) in [6.07, 6.45) is 9.17. The smallest absolute Gasteiger partial charge is 0.222 e. The molecule has 0 aromatic heterocycles. The first kappa shape index (κ1) is 14.3. The van der Waals surface area contributed by atoms with Crippen LogP contribution in [0.5, 0.6) is 0 Å². The Morgan fingerprint density at radius 1 is 1.10 bits per heavy atom. The number of piperidine rings is 1. The Balaban J connectivity index is 1.37. The zero-order valence-electron chi connectivity index (χ0n) is 12.4. The molecule has 3 aliphatic rings. The summed E-state index contributed by atoms with van der Waals surface area (Å²) in [4.78, 5) is 14.3. The van der Waals surface area contributed by atoms with Crippen LogP contribution in [-0.4, -0.2) is 42.6 Å². The van der Waals surface area contributed by atoms with E-state index in [1.54, 1.807) is 0 Å². The topological polar surface area (TPSA) is 55.6 Å². The average Bonchev–Trinajstić information content (AvgIpc) is 3.21. The zero-order chi connectivity index (χ0) is 13.9. The maximum atomic E-state index is 12.3. The van der Waals surface area contributed by atoms with Gasteiger partial charge in [-0.2, -0.15) is 0 Å². The van der Waals surface area contributed by atoms with Gasteiger partial charge in [0.1, 0.15) is 0 Å². The van der Waals surface area contributed by atoms with Crippen LogP contribution in [0.3, 0.4) is 0 Å². The Labute approximate surface area is 122 Å². The molecule has 0 aromatic rings. The molecule has 2 aliphatic carbocycles. The lowest BCUT2D eigenvalue weighted by Gasteiger charge is -2.33. The molecular formula is C16H28N2O2. The van der Waals surface area contributed by atoms with Gasteiger partial charge in [-0.3, -0.25) is 4.79 Å². The summed E-state index contributed by atoms with van der Waals surface area (Å²) in [5.74, 6) is 1.57. The number of hydrogen-bond acceptors (Lipinski definition) is 3. The third-order valence-corrected chi connectivity index (χ3v) is 5.21. The fourth-order valence-electron chi connectivity index (χ4n) is 3.50. The van der Waals surface area contributed by atoms with Gasteiger partial charge in [0.2, 0.25) is 5.91 Å². The van der Waals surface area contributed by atoms with Gasteiger partial charge < -0.3 is 15.4 Å². The molecule has 4 nitrogen and oxygen atoms in total. The molecule has 20 heavy (non-hydrogen) atoms. The summed E-state index contributed by atoms with van der Waals surface area (Å²) in [5.41, 5.74) is 6.06. The van der Waals surface area contributed by atoms with Crippen LogP contribution in [0, 0.1) is 11.8 Å². The third-order valence-electron chi connectivity index (χ3n) is 5.21. The first-order valence-electron chi connectivity index (χ1n) is 8.37. The predicted octanol–water partition coefficient (Wildman–Crippen LogP) is 1.92. The van der Waals surface area contributed by atoms with Crippen molar-refractivity contribution in [1.82, 2.24) is 4.90 Å². The molecule has 1 aliphatic heterocycles. The van der Waals surface area contributed by atoms with Crippen LogP contribution in [0.1, 0.15) is 51.4 Å². The van der Waals surface area contributed by atoms with Gasteiger partial charge in [-0.1, -0.05) is 6.42 Å². The Bertz CT molecular complexity index is 335. The summed E-state index contributed by atoms with van der Waals surface area (Å²) in [6, 6.07) is 0.248. The first-order chi connectivity index (χ1) is 9.72. The maximum absolute atomic E-state index is 12.3. The van der Waals surface area contributed by atoms with Gasteiger partial charge in [-0.15, -0.1) is 0 Å². The van der Waals surface area contributed by atoms with Crippen molar-refractivity contribution >= 4 is 5.91 Å². The fraction of sp³-hybridized carbons (Fsp3) is 0.938. The highest BCUT2D eigenvalue weighted by Gasteiger charge is 2.30. The predicted molar refractivity (Wildman–Crippen MR) is 78.2 cm³/mol. The standard InChI is InChI=1S/C16H28N2O2/c17-15-3-1-2-13(15)10-16(19)18-8-6-14(7-9-18)20-11-12-4-5-12/h12-15H,1-11,17H2/t13-,15+/m0/s1. The third kappa shape index (κ3) is 3.73. The van der Waals surface area contributed by atoms with E-state index in [9.17, 15) is 4.79 Å². The molecule has 4 heteroatoms. The summed E-state index contributed by atoms with van der Waals surface area (Å²) in [5, 5.41) is 0. The van der Waals surface area contributed by atoms with Crippen molar-refractivity contribution in [3.8, 4) is 0 Å². The highest BCUT2D eigenvalue weighted by Crippen LogP contribution is 2.30. The highest BCUT2D eigenvalue weighted by molar-refractivity contribution is 5.76. The summed E-state index contributed by atoms with van der Waals surface area (Å²) in [6.45, 7) is 2.68. The quantitative estimate of drug-likeness (QED) is 0.837. The number of amides is 1. The summed E-state index contributed by atoms with van der Waals surface area (Å²) >= 11 is 0. The largest absolute Gasteiger partial charge is 0.378 e. The SMILES string of the molecule is N[C@@H]1CCC[C@H]1CC(=O)N1CCC(OCC2CC2)CC1. The number of ether oxygens (including phenoxy) is 1. The second kappa shape index (κ2) is 6.44. The van der Waals surface area contributed by atoms with Gasteiger partial charge in [0.15, 0.2) is 0 Å². The van der Waals surface area contributed by atoms with Gasteiger partial charge in [-0.05, 0) is 50.4 Å². The first-order valence-corrected chi connectivity index (χ1v) is 8.37. The monoisotopic (exact) mass is 280 g/mol. The lowest BCUT2D eigenvalue weighted by Crippen LogP contribution is -2.42. The Hall–Kier alpha value is -0.610. The molecule has 2 saturated carbocycles. The fourth-order valence-corrected chi connectivity index (χ4v) is 3.50. The number of rotatable bonds is 5. The molecule has 1 heterocycles. The maximum Gasteiger partial charge on any atom is 0.222 e. The number of nitrogens with zero attached hydrogens (tertiary/aromatic N) is 1. The molecule has 0 unspecified atom stereocenters. The van der Waals surface area contributed by atoms with E-state index in [4.69, 9.17) is 10.5 Å². The van der Waals surface area contributed by atoms with E-state index in [-0.39, 0.29) is 6.04 Å². The molecule has 3 rings (SSSR count). The molecule has 0 bridgehead atoms. The number of nitrogens with two attached hydrogens (primary N) is 1. The summed E-state index contributed by atoms with van der Waals surface area (Å²) < 4.78 is 5.93. The highest BCUT2D eigenvalue weighted by atomic mass is 16.5. The van der Waals surface area contributed by atoms with Crippen molar-refractivity contribution in [2.45, 2.75) is 63.5 Å². The van der Waals surface area contributed by atoms with E-state index in [0.717, 1.165) is 51.3 Å². The van der Waals surface area contributed by atoms with Crippen molar-refractivity contribution in [2.24, 2.45) is 17.6 Å². The van der Waals surface area contributed by atoms with Crippen LogP contribution in [0.4, 0.5) is 0 Å². The molecule has 1 saturated heterocycles. The molecule has 2 N–H and O–H groups in total. The van der Waals surface area contributed by atoms with Crippen LogP contribution in [0.2, 0.25) is 0 Å². The van der Waals surface area contributed by atoms with Gasteiger partial charge in [0.25, 0.3) is 0 Å². The summed E-state index contributed by atoms with van der Waals surface area (Å²) in [7, 11) is 0. The number of carbonyl (C=O) groups is 1. The van der Waals surface area contributed by atoms with E-state index in [1.807, 2.05) is 4.90 Å². The molecule has 0 aromatic carbocycles. The van der Waals surface area contributed by atoms with Crippen LogP contribution in [0.15, 0.2) is 0 Å². The average molecular weight is 280 g/mol. The van der Waals surface area contributed by atoms with E-state index in [1.165, 1.54) is 19.3 Å². The second-order valence-electron chi connectivity index (χ2n) is 6.92. The Morgan fingerprint density at radius 2 is 1.85 bits per heavy atom. The van der Waals surface area contributed by atoms with Crippen LogP contribution < -0.4 is 5.73 Å². The van der Waals surface area contributed by atoms with E-state index < -0.39 is 0 Å². The van der Waals surface area contributed by atoms with Crippen molar-refractivity contribution in [3.05, 3.63) is 0 Å². The van der Waals surface area contributed by atoms with E-state index in [2.05, 4.69) is 0 Å². The minimum atomic E-state index is 0.248. The van der Waals surface area contributed by atoms with Gasteiger partial charge in [-0.25, -0.2) is 0 Å². The molecule has 0 radical (unpaired) electrons. The van der Waals surface area contributed by atoms with Crippen molar-refractivity contribution in [1.29, 1.82) is 0 Å². The van der Waals surface area contributed by atoms with E-state index >= 15 is 0 Å². The Kier molecular flexibility index (Phi) is 4.61.